The second kappa shape index (κ2) is 11.1. The minimum atomic E-state index is -0.576. The van der Waals surface area contributed by atoms with Gasteiger partial charge in [0.1, 0.15) is 17.1 Å². The molecular formula is C29H37ClN6O3. The van der Waals surface area contributed by atoms with Gasteiger partial charge in [-0.15, -0.1) is 0 Å². The van der Waals surface area contributed by atoms with Gasteiger partial charge in [-0.05, 0) is 34.8 Å². The Morgan fingerprint density at radius 3 is 2.36 bits per heavy atom. The van der Waals surface area contributed by atoms with Crippen LogP contribution in [0.25, 0.3) is 0 Å². The zero-order chi connectivity index (χ0) is 27.6. The van der Waals surface area contributed by atoms with Gasteiger partial charge in [0.05, 0.1) is 5.02 Å². The van der Waals surface area contributed by atoms with Crippen molar-refractivity contribution in [3.05, 3.63) is 70.5 Å². The first-order chi connectivity index (χ1) is 18.6. The molecule has 0 radical (unpaired) electrons. The summed E-state index contributed by atoms with van der Waals surface area (Å²) in [5, 5.41) is 3.65. The van der Waals surface area contributed by atoms with Crippen molar-refractivity contribution in [1.82, 2.24) is 25.6 Å². The quantitative estimate of drug-likeness (QED) is 0.599. The molecule has 3 aliphatic rings. The molecule has 2 saturated heterocycles. The second-order valence-electron chi connectivity index (χ2n) is 11.5. The van der Waals surface area contributed by atoms with Crippen molar-refractivity contribution in [1.29, 1.82) is 0 Å². The van der Waals surface area contributed by atoms with Gasteiger partial charge in [0.15, 0.2) is 0 Å². The van der Waals surface area contributed by atoms with Gasteiger partial charge in [0, 0.05) is 64.9 Å². The van der Waals surface area contributed by atoms with E-state index >= 15 is 0 Å². The highest BCUT2D eigenvalue weighted by Crippen LogP contribution is 2.33. The van der Waals surface area contributed by atoms with E-state index in [4.69, 9.17) is 16.4 Å². The van der Waals surface area contributed by atoms with Gasteiger partial charge < -0.3 is 20.0 Å². The molecule has 5 rings (SSSR count). The Labute approximate surface area is 235 Å². The maximum Gasteiger partial charge on any atom is 0.317 e. The number of hydroxylamine groups is 1. The van der Waals surface area contributed by atoms with E-state index in [1.807, 2.05) is 28.0 Å². The normalized spacial score (nSPS) is 19.1. The summed E-state index contributed by atoms with van der Waals surface area (Å²) >= 11 is 6.29. The number of halogens is 1. The fourth-order valence-corrected chi connectivity index (χ4v) is 5.47. The molecule has 10 heteroatoms. The van der Waals surface area contributed by atoms with E-state index in [1.165, 1.54) is 5.56 Å². The standard InChI is InChI=1S/C29H37ClN6O3/c1-28(2,3)22-8-6-21(7-9-22)20-32-27(38)36-13-10-29(11-14-36)19-24(33-39-29)26(37)35-17-15-34(16-18-35)25-23(30)5-4-12-31-25/h4-9,12,19,33H,10-11,13-18,20H2,1-3H3,(H,32,38). The molecule has 0 aliphatic carbocycles. The minimum Gasteiger partial charge on any atom is -0.352 e. The van der Waals surface area contributed by atoms with E-state index in [0.29, 0.717) is 69.4 Å². The van der Waals surface area contributed by atoms with Crippen LogP contribution in [0, 0.1) is 0 Å². The van der Waals surface area contributed by atoms with E-state index in [1.54, 1.807) is 6.20 Å². The van der Waals surface area contributed by atoms with Gasteiger partial charge in [-0.25, -0.2) is 9.78 Å². The Morgan fingerprint density at radius 1 is 1.03 bits per heavy atom. The molecule has 2 fully saturated rings. The molecule has 1 aromatic carbocycles. The predicted octanol–water partition coefficient (Wildman–Crippen LogP) is 3.84. The van der Waals surface area contributed by atoms with Crippen molar-refractivity contribution >= 4 is 29.4 Å². The summed E-state index contributed by atoms with van der Waals surface area (Å²) in [4.78, 5) is 42.0. The Balaban J connectivity index is 1.09. The molecular weight excluding hydrogens is 516 g/mol. The fourth-order valence-electron chi connectivity index (χ4n) is 5.23. The number of carbonyl (C=O) groups excluding carboxylic acids is 2. The third kappa shape index (κ3) is 6.15. The van der Waals surface area contributed by atoms with Crippen LogP contribution in [0.1, 0.15) is 44.7 Å². The van der Waals surface area contributed by atoms with E-state index < -0.39 is 5.60 Å². The molecule has 0 atom stereocenters. The molecule has 9 nitrogen and oxygen atoms in total. The number of hydrogen-bond acceptors (Lipinski definition) is 6. The Kier molecular flexibility index (Phi) is 7.73. The summed E-state index contributed by atoms with van der Waals surface area (Å²) in [7, 11) is 0. The summed E-state index contributed by atoms with van der Waals surface area (Å²) in [5.41, 5.74) is 5.21. The maximum absolute atomic E-state index is 13.2. The summed E-state index contributed by atoms with van der Waals surface area (Å²) < 4.78 is 0. The molecule has 0 unspecified atom stereocenters. The lowest BCUT2D eigenvalue weighted by Crippen LogP contribution is -2.50. The number of aromatic nitrogens is 1. The lowest BCUT2D eigenvalue weighted by molar-refractivity contribution is -0.129. The second-order valence-corrected chi connectivity index (χ2v) is 11.9. The molecule has 4 heterocycles. The first-order valence-corrected chi connectivity index (χ1v) is 14.0. The van der Waals surface area contributed by atoms with E-state index in [9.17, 15) is 9.59 Å². The smallest absolute Gasteiger partial charge is 0.317 e. The number of benzene rings is 1. The molecule has 39 heavy (non-hydrogen) atoms. The molecule has 1 aromatic heterocycles. The van der Waals surface area contributed by atoms with Gasteiger partial charge in [-0.3, -0.25) is 15.1 Å². The number of anilines is 1. The Bertz CT molecular complexity index is 1230. The lowest BCUT2D eigenvalue weighted by atomic mass is 9.87. The Morgan fingerprint density at radius 2 is 1.72 bits per heavy atom. The number of rotatable bonds is 4. The van der Waals surface area contributed by atoms with Crippen LogP contribution in [0.15, 0.2) is 54.4 Å². The van der Waals surface area contributed by atoms with Crippen molar-refractivity contribution in [3.8, 4) is 0 Å². The number of carbonyl (C=O) groups is 2. The van der Waals surface area contributed by atoms with E-state index in [0.717, 1.165) is 11.4 Å². The third-order valence-electron chi connectivity index (χ3n) is 7.77. The number of urea groups is 1. The van der Waals surface area contributed by atoms with E-state index in [2.05, 4.69) is 65.7 Å². The monoisotopic (exact) mass is 552 g/mol. The molecule has 2 aromatic rings. The van der Waals surface area contributed by atoms with Crippen molar-refractivity contribution in [2.24, 2.45) is 0 Å². The predicted molar refractivity (Wildman–Crippen MR) is 151 cm³/mol. The zero-order valence-corrected chi connectivity index (χ0v) is 23.6. The molecule has 1 spiro atoms. The first-order valence-electron chi connectivity index (χ1n) is 13.6. The largest absolute Gasteiger partial charge is 0.352 e. The van der Waals surface area contributed by atoms with Crippen LogP contribution in [0.5, 0.6) is 0 Å². The van der Waals surface area contributed by atoms with Crippen molar-refractivity contribution in [3.63, 3.8) is 0 Å². The lowest BCUT2D eigenvalue weighted by Gasteiger charge is -2.36. The number of hydrogen-bond donors (Lipinski definition) is 2. The average molecular weight is 553 g/mol. The number of likely N-dealkylation sites (tertiary alicyclic amines) is 1. The number of piperidine rings is 1. The highest BCUT2D eigenvalue weighted by molar-refractivity contribution is 6.32. The van der Waals surface area contributed by atoms with Gasteiger partial charge in [0.25, 0.3) is 5.91 Å². The summed E-state index contributed by atoms with van der Waals surface area (Å²) in [6.07, 6.45) is 4.87. The number of pyridine rings is 1. The number of piperazine rings is 1. The van der Waals surface area contributed by atoms with Crippen LogP contribution in [-0.4, -0.2) is 71.6 Å². The highest BCUT2D eigenvalue weighted by Gasteiger charge is 2.42. The van der Waals surface area contributed by atoms with E-state index in [-0.39, 0.29) is 17.4 Å². The van der Waals surface area contributed by atoms with Crippen LogP contribution in [-0.2, 0) is 21.6 Å². The van der Waals surface area contributed by atoms with Gasteiger partial charge in [0.2, 0.25) is 0 Å². The number of nitrogens with zero attached hydrogens (tertiary/aromatic N) is 4. The number of nitrogens with one attached hydrogen (secondary N) is 2. The summed E-state index contributed by atoms with van der Waals surface area (Å²) in [6.45, 7) is 10.6. The molecule has 3 aliphatic heterocycles. The highest BCUT2D eigenvalue weighted by atomic mass is 35.5. The zero-order valence-electron chi connectivity index (χ0n) is 22.9. The molecule has 0 saturated carbocycles. The number of amides is 3. The minimum absolute atomic E-state index is 0.0729. The van der Waals surface area contributed by atoms with Crippen molar-refractivity contribution in [2.75, 3.05) is 44.2 Å². The topological polar surface area (TPSA) is 90.0 Å². The summed E-state index contributed by atoms with van der Waals surface area (Å²) in [6, 6.07) is 11.9. The van der Waals surface area contributed by atoms with Crippen molar-refractivity contribution in [2.45, 2.75) is 51.2 Å². The SMILES string of the molecule is CC(C)(C)c1ccc(CNC(=O)N2CCC3(C=C(C(=O)N4CCN(c5ncccc5Cl)CC4)NO3)CC2)cc1. The van der Waals surface area contributed by atoms with Crippen LogP contribution in [0.4, 0.5) is 10.6 Å². The molecule has 2 N–H and O–H groups in total. The maximum atomic E-state index is 13.2. The average Bonchev–Trinajstić information content (AvgIpc) is 3.35. The van der Waals surface area contributed by atoms with Crippen LogP contribution in [0.3, 0.4) is 0 Å². The van der Waals surface area contributed by atoms with Gasteiger partial charge in [-0.1, -0.05) is 56.6 Å². The molecule has 0 bridgehead atoms. The molecule has 3 amide bonds. The van der Waals surface area contributed by atoms with Gasteiger partial charge in [-0.2, -0.15) is 0 Å². The van der Waals surface area contributed by atoms with Gasteiger partial charge >= 0.3 is 6.03 Å². The summed E-state index contributed by atoms with van der Waals surface area (Å²) in [5.74, 6) is 0.678. The van der Waals surface area contributed by atoms with Crippen LogP contribution < -0.4 is 15.7 Å². The fraction of sp³-hybridized carbons (Fsp3) is 0.483. The Hall–Kier alpha value is -3.30. The van der Waals surface area contributed by atoms with Crippen LogP contribution in [0.2, 0.25) is 5.02 Å². The first kappa shape index (κ1) is 27.3. The molecule has 208 valence electrons. The van der Waals surface area contributed by atoms with Crippen LogP contribution >= 0.6 is 11.6 Å². The third-order valence-corrected chi connectivity index (χ3v) is 8.06. The van der Waals surface area contributed by atoms with Crippen molar-refractivity contribution < 1.29 is 14.4 Å².